The van der Waals surface area contributed by atoms with E-state index in [0.29, 0.717) is 5.92 Å². The summed E-state index contributed by atoms with van der Waals surface area (Å²) in [5.74, 6) is 1.49. The zero-order valence-electron chi connectivity index (χ0n) is 14.8. The first-order valence-electron chi connectivity index (χ1n) is 9.44. The van der Waals surface area contributed by atoms with Crippen molar-refractivity contribution >= 4 is 0 Å². The van der Waals surface area contributed by atoms with Gasteiger partial charge in [0, 0.05) is 0 Å². The molecule has 0 amide bonds. The standard InChI is InChI=1S/C21H30F2O/c1-2-3-4-5-6-15-24-20-13-11-19(12-14-20)18-9-7-17(8-10-18)16-21(22)23/h11-14,16-18H,2-10,15H2,1H3/t17-,18-. The van der Waals surface area contributed by atoms with Crippen LogP contribution in [0.15, 0.2) is 36.4 Å². The largest absolute Gasteiger partial charge is 0.494 e. The Balaban J connectivity index is 1.71. The molecule has 1 saturated carbocycles. The molecule has 1 aliphatic carbocycles. The van der Waals surface area contributed by atoms with Gasteiger partial charge in [-0.2, -0.15) is 8.78 Å². The van der Waals surface area contributed by atoms with Crippen LogP contribution in [0.3, 0.4) is 0 Å². The zero-order chi connectivity index (χ0) is 17.2. The first-order valence-corrected chi connectivity index (χ1v) is 9.44. The third-order valence-corrected chi connectivity index (χ3v) is 5.00. The van der Waals surface area contributed by atoms with E-state index >= 15 is 0 Å². The Kier molecular flexibility index (Phi) is 8.27. The molecule has 0 N–H and O–H groups in total. The lowest BCUT2D eigenvalue weighted by molar-refractivity contribution is 0.304. The second-order valence-corrected chi connectivity index (χ2v) is 6.90. The van der Waals surface area contributed by atoms with E-state index in [9.17, 15) is 8.78 Å². The van der Waals surface area contributed by atoms with Crippen LogP contribution in [0.5, 0.6) is 5.75 Å². The van der Waals surface area contributed by atoms with Gasteiger partial charge in [-0.15, -0.1) is 0 Å². The highest BCUT2D eigenvalue weighted by molar-refractivity contribution is 5.29. The van der Waals surface area contributed by atoms with Crippen LogP contribution in [0, 0.1) is 5.92 Å². The van der Waals surface area contributed by atoms with Gasteiger partial charge in [0.05, 0.1) is 6.61 Å². The third kappa shape index (κ3) is 6.62. The number of ether oxygens (including phenoxy) is 1. The van der Waals surface area contributed by atoms with E-state index in [0.717, 1.165) is 50.5 Å². The second-order valence-electron chi connectivity index (χ2n) is 6.90. The van der Waals surface area contributed by atoms with Crippen molar-refractivity contribution in [3.63, 3.8) is 0 Å². The van der Waals surface area contributed by atoms with Crippen molar-refractivity contribution in [2.75, 3.05) is 6.61 Å². The molecule has 1 fully saturated rings. The van der Waals surface area contributed by atoms with E-state index in [2.05, 4.69) is 31.2 Å². The molecule has 0 aromatic heterocycles. The van der Waals surface area contributed by atoms with Gasteiger partial charge in [-0.05, 0) is 67.7 Å². The molecule has 1 aromatic rings. The van der Waals surface area contributed by atoms with Gasteiger partial charge in [-0.1, -0.05) is 44.7 Å². The summed E-state index contributed by atoms with van der Waals surface area (Å²) in [5, 5.41) is 0. The molecule has 134 valence electrons. The summed E-state index contributed by atoms with van der Waals surface area (Å²) in [5.41, 5.74) is 1.31. The normalized spacial score (nSPS) is 20.6. The van der Waals surface area contributed by atoms with Crippen molar-refractivity contribution < 1.29 is 13.5 Å². The van der Waals surface area contributed by atoms with E-state index in [-0.39, 0.29) is 5.92 Å². The van der Waals surface area contributed by atoms with E-state index in [1.807, 2.05) is 0 Å². The molecule has 2 rings (SSSR count). The molecule has 0 spiro atoms. The van der Waals surface area contributed by atoms with E-state index < -0.39 is 6.08 Å². The first-order chi connectivity index (χ1) is 11.7. The topological polar surface area (TPSA) is 9.23 Å². The molecular formula is C21H30F2O. The summed E-state index contributed by atoms with van der Waals surface area (Å²) in [6, 6.07) is 8.38. The number of unbranched alkanes of at least 4 members (excludes halogenated alkanes) is 4. The van der Waals surface area contributed by atoms with Crippen LogP contribution in [0.25, 0.3) is 0 Å². The number of benzene rings is 1. The average Bonchev–Trinajstić information content (AvgIpc) is 2.59. The van der Waals surface area contributed by atoms with Crippen molar-refractivity contribution in [2.45, 2.75) is 70.6 Å². The van der Waals surface area contributed by atoms with Crippen LogP contribution in [0.2, 0.25) is 0 Å². The Morgan fingerprint density at radius 2 is 1.67 bits per heavy atom. The first kappa shape index (κ1) is 19.0. The SMILES string of the molecule is CCCCCCCOc1ccc([C@H]2CC[C@H](C=C(F)F)CC2)cc1. The monoisotopic (exact) mass is 336 g/mol. The Hall–Kier alpha value is -1.38. The highest BCUT2D eigenvalue weighted by Crippen LogP contribution is 2.37. The molecule has 0 heterocycles. The molecule has 1 aromatic carbocycles. The van der Waals surface area contributed by atoms with Crippen molar-refractivity contribution in [3.05, 3.63) is 42.0 Å². The molecule has 0 atom stereocenters. The highest BCUT2D eigenvalue weighted by atomic mass is 19.3. The minimum atomic E-state index is -1.53. The van der Waals surface area contributed by atoms with E-state index in [1.54, 1.807) is 0 Å². The fourth-order valence-corrected chi connectivity index (χ4v) is 3.53. The predicted molar refractivity (Wildman–Crippen MR) is 95.7 cm³/mol. The van der Waals surface area contributed by atoms with Crippen LogP contribution in [0.4, 0.5) is 8.78 Å². The number of halogens is 2. The molecule has 1 nitrogen and oxygen atoms in total. The molecule has 3 heteroatoms. The van der Waals surface area contributed by atoms with Gasteiger partial charge < -0.3 is 4.74 Å². The van der Waals surface area contributed by atoms with Gasteiger partial charge in [0.15, 0.2) is 0 Å². The molecule has 0 bridgehead atoms. The summed E-state index contributed by atoms with van der Waals surface area (Å²) in [6.45, 7) is 3.01. The fraction of sp³-hybridized carbons (Fsp3) is 0.619. The maximum absolute atomic E-state index is 12.3. The lowest BCUT2D eigenvalue weighted by Gasteiger charge is -2.26. The third-order valence-electron chi connectivity index (χ3n) is 5.00. The number of allylic oxidation sites excluding steroid dienone is 1. The Morgan fingerprint density at radius 1 is 1.00 bits per heavy atom. The average molecular weight is 336 g/mol. The van der Waals surface area contributed by atoms with Gasteiger partial charge in [0.2, 0.25) is 0 Å². The molecule has 1 aliphatic rings. The smallest absolute Gasteiger partial charge is 0.266 e. The van der Waals surface area contributed by atoms with Gasteiger partial charge in [-0.3, -0.25) is 0 Å². The minimum Gasteiger partial charge on any atom is -0.494 e. The molecule has 0 aliphatic heterocycles. The van der Waals surface area contributed by atoms with Crippen molar-refractivity contribution in [3.8, 4) is 5.75 Å². The van der Waals surface area contributed by atoms with Crippen LogP contribution in [0.1, 0.15) is 76.2 Å². The maximum atomic E-state index is 12.3. The molecule has 24 heavy (non-hydrogen) atoms. The molecule has 0 unspecified atom stereocenters. The molecule has 0 radical (unpaired) electrons. The number of rotatable bonds is 9. The summed E-state index contributed by atoms with van der Waals surface area (Å²) in [6.07, 6.45) is 9.53. The van der Waals surface area contributed by atoms with Crippen molar-refractivity contribution in [2.24, 2.45) is 5.92 Å². The lowest BCUT2D eigenvalue weighted by atomic mass is 9.79. The Labute approximate surface area is 145 Å². The van der Waals surface area contributed by atoms with Crippen LogP contribution < -0.4 is 4.74 Å². The van der Waals surface area contributed by atoms with Crippen LogP contribution in [-0.2, 0) is 0 Å². The Morgan fingerprint density at radius 3 is 2.29 bits per heavy atom. The summed E-state index contributed by atoms with van der Waals surface area (Å²) in [4.78, 5) is 0. The summed E-state index contributed by atoms with van der Waals surface area (Å²) in [7, 11) is 0. The summed E-state index contributed by atoms with van der Waals surface area (Å²) < 4.78 is 30.4. The van der Waals surface area contributed by atoms with E-state index in [1.165, 1.54) is 31.2 Å². The number of hydrogen-bond acceptors (Lipinski definition) is 1. The zero-order valence-corrected chi connectivity index (χ0v) is 14.8. The van der Waals surface area contributed by atoms with Crippen LogP contribution in [-0.4, -0.2) is 6.61 Å². The van der Waals surface area contributed by atoms with Gasteiger partial charge >= 0.3 is 0 Å². The minimum absolute atomic E-state index is 0.0570. The van der Waals surface area contributed by atoms with Crippen molar-refractivity contribution in [1.82, 2.24) is 0 Å². The fourth-order valence-electron chi connectivity index (χ4n) is 3.53. The molecule has 0 saturated heterocycles. The quantitative estimate of drug-likeness (QED) is 0.437. The van der Waals surface area contributed by atoms with Crippen molar-refractivity contribution in [1.29, 1.82) is 0 Å². The maximum Gasteiger partial charge on any atom is 0.266 e. The van der Waals surface area contributed by atoms with Gasteiger partial charge in [-0.25, -0.2) is 0 Å². The highest BCUT2D eigenvalue weighted by Gasteiger charge is 2.21. The van der Waals surface area contributed by atoms with Crippen LogP contribution >= 0.6 is 0 Å². The summed E-state index contributed by atoms with van der Waals surface area (Å²) >= 11 is 0. The lowest BCUT2D eigenvalue weighted by Crippen LogP contribution is -2.11. The Bertz CT molecular complexity index is 483. The molecular weight excluding hydrogens is 306 g/mol. The predicted octanol–water partition coefficient (Wildman–Crippen LogP) is 7.09. The van der Waals surface area contributed by atoms with E-state index in [4.69, 9.17) is 4.74 Å². The second kappa shape index (κ2) is 10.5. The number of hydrogen-bond donors (Lipinski definition) is 0. The van der Waals surface area contributed by atoms with Gasteiger partial charge in [0.25, 0.3) is 6.08 Å². The van der Waals surface area contributed by atoms with Gasteiger partial charge in [0.1, 0.15) is 5.75 Å².